The molecule has 0 saturated carbocycles. The van der Waals surface area contributed by atoms with E-state index in [1.165, 1.54) is 11.3 Å². The number of nitrogens with zero attached hydrogens (tertiary/aromatic N) is 1. The van der Waals surface area contributed by atoms with Gasteiger partial charge in [-0.15, -0.1) is 11.3 Å². The van der Waals surface area contributed by atoms with E-state index in [0.717, 1.165) is 55.8 Å². The molecule has 1 heterocycles. The normalized spacial score (nSPS) is 11.4. The summed E-state index contributed by atoms with van der Waals surface area (Å²) in [5.74, 6) is 1.86. The van der Waals surface area contributed by atoms with Crippen molar-refractivity contribution < 1.29 is 28.8 Å². The summed E-state index contributed by atoms with van der Waals surface area (Å²) < 4.78 is 26.6. The maximum absolute atomic E-state index is 12.7. The molecule has 0 aliphatic rings. The molecule has 0 atom stereocenters. The molecule has 0 amide bonds. The highest BCUT2D eigenvalue weighted by atomic mass is 32.1. The lowest BCUT2D eigenvalue weighted by Gasteiger charge is -2.15. The quantitative estimate of drug-likeness (QED) is 0.0916. The number of carbonyl (C=O) groups is 1. The Morgan fingerprint density at radius 3 is 1.61 bits per heavy atom. The van der Waals surface area contributed by atoms with Crippen molar-refractivity contribution in [2.45, 2.75) is 13.2 Å². The van der Waals surface area contributed by atoms with Crippen LogP contribution >= 0.6 is 11.3 Å². The predicted octanol–water partition coefficient (Wildman–Crippen LogP) is 12.8. The maximum Gasteiger partial charge on any atom is 0.336 e. The van der Waals surface area contributed by atoms with Crippen molar-refractivity contribution in [3.8, 4) is 51.0 Å². The number of likely N-dealkylation sites (N-methyl/N-ethyl adjacent to an activating group) is 1. The predicted molar refractivity (Wildman–Crippen MR) is 247 cm³/mol. The van der Waals surface area contributed by atoms with Crippen LogP contribution in [-0.2, 0) is 18.0 Å². The van der Waals surface area contributed by atoms with E-state index in [1.807, 2.05) is 105 Å². The van der Waals surface area contributed by atoms with Crippen LogP contribution in [0.2, 0.25) is 0 Å². The largest absolute Gasteiger partial charge is 0.492 e. The number of benzene rings is 7. The molecule has 7 nitrogen and oxygen atoms in total. The van der Waals surface area contributed by atoms with Crippen molar-refractivity contribution in [3.63, 3.8) is 0 Å². The SMILES string of the molecule is CN(C)CCOc1ccc(Oc2c(/C=C(/C(=O)O)c3ccccc3)sc3cc(OCc4ccc(-c5ccccc5)cc4)c(OCc4ccc(-c5ccccc5)cc4)cc23)cc1. The third-order valence-electron chi connectivity index (χ3n) is 10.1. The summed E-state index contributed by atoms with van der Waals surface area (Å²) in [5.41, 5.74) is 7.28. The number of hydrogen-bond donors (Lipinski definition) is 1. The van der Waals surface area contributed by atoms with Crippen LogP contribution < -0.4 is 18.9 Å². The van der Waals surface area contributed by atoms with Crippen molar-refractivity contribution in [1.82, 2.24) is 4.90 Å². The van der Waals surface area contributed by atoms with E-state index < -0.39 is 5.97 Å². The lowest BCUT2D eigenvalue weighted by molar-refractivity contribution is -0.130. The molecule has 0 unspecified atom stereocenters. The minimum atomic E-state index is -1.04. The topological polar surface area (TPSA) is 77.5 Å². The molecule has 8 aromatic rings. The van der Waals surface area contributed by atoms with Crippen molar-refractivity contribution in [2.24, 2.45) is 0 Å². The van der Waals surface area contributed by atoms with Crippen LogP contribution in [0.3, 0.4) is 0 Å². The zero-order valence-corrected chi connectivity index (χ0v) is 34.8. The summed E-state index contributed by atoms with van der Waals surface area (Å²) in [6.07, 6.45) is 1.68. The highest BCUT2D eigenvalue weighted by Crippen LogP contribution is 2.47. The van der Waals surface area contributed by atoms with Gasteiger partial charge >= 0.3 is 5.97 Å². The first-order valence-electron chi connectivity index (χ1n) is 20.1. The number of rotatable bonds is 17. The lowest BCUT2D eigenvalue weighted by Crippen LogP contribution is -2.19. The Hall–Kier alpha value is -7.13. The van der Waals surface area contributed by atoms with Crippen molar-refractivity contribution in [2.75, 3.05) is 27.2 Å². The fourth-order valence-corrected chi connectivity index (χ4v) is 7.87. The molecule has 0 aliphatic heterocycles. The van der Waals surface area contributed by atoms with Crippen molar-refractivity contribution in [1.29, 1.82) is 0 Å². The van der Waals surface area contributed by atoms with Gasteiger partial charge in [0.25, 0.3) is 0 Å². The molecule has 0 radical (unpaired) electrons. The van der Waals surface area contributed by atoms with Gasteiger partial charge in [-0.3, -0.25) is 0 Å². The molecule has 0 fully saturated rings. The van der Waals surface area contributed by atoms with Gasteiger partial charge in [-0.25, -0.2) is 4.79 Å². The second kappa shape index (κ2) is 19.3. The van der Waals surface area contributed by atoms with Crippen molar-refractivity contribution in [3.05, 3.63) is 197 Å². The van der Waals surface area contributed by atoms with E-state index in [-0.39, 0.29) is 5.57 Å². The van der Waals surface area contributed by atoms with Crippen LogP contribution in [0, 0.1) is 0 Å². The first-order chi connectivity index (χ1) is 29.9. The summed E-state index contributed by atoms with van der Waals surface area (Å²) in [4.78, 5) is 15.4. The van der Waals surface area contributed by atoms with Gasteiger partial charge in [0.2, 0.25) is 0 Å². The van der Waals surface area contributed by atoms with E-state index in [9.17, 15) is 9.90 Å². The van der Waals surface area contributed by atoms with Crippen molar-refractivity contribution >= 4 is 39.0 Å². The first kappa shape index (κ1) is 40.6. The lowest BCUT2D eigenvalue weighted by atomic mass is 10.0. The molecule has 0 aliphatic carbocycles. The van der Waals surface area contributed by atoms with E-state index in [2.05, 4.69) is 77.7 Å². The molecule has 0 saturated heterocycles. The standard InChI is InChI=1S/C53H45NO6S/c1-54(2)30-31-57-44-26-28-45(29-27-44)60-52-47-32-48(58-35-37-18-22-41(23-19-37)39-12-6-3-7-13-39)49(59-36-38-20-24-42(25-21-38)40-14-8-4-9-15-40)34-50(47)61-51(52)33-46(53(55)56)43-16-10-5-11-17-43/h3-29,32-34H,30-31,35-36H2,1-2H3,(H,55,56)/b46-33+. The zero-order chi connectivity index (χ0) is 42.0. The van der Waals surface area contributed by atoms with Crippen LogP contribution in [0.25, 0.3) is 44.0 Å². The molecular weight excluding hydrogens is 779 g/mol. The Labute approximate surface area is 360 Å². The van der Waals surface area contributed by atoms with Gasteiger partial charge in [0, 0.05) is 22.7 Å². The Morgan fingerprint density at radius 1 is 0.590 bits per heavy atom. The second-order valence-corrected chi connectivity index (χ2v) is 15.8. The molecule has 8 heteroatoms. The summed E-state index contributed by atoms with van der Waals surface area (Å²) in [7, 11) is 4.01. The minimum Gasteiger partial charge on any atom is -0.492 e. The van der Waals surface area contributed by atoms with Gasteiger partial charge in [0.1, 0.15) is 31.3 Å². The Kier molecular flexibility index (Phi) is 12.9. The average Bonchev–Trinajstić information content (AvgIpc) is 3.62. The van der Waals surface area contributed by atoms with E-state index in [4.69, 9.17) is 18.9 Å². The van der Waals surface area contributed by atoms with Gasteiger partial charge in [0.15, 0.2) is 17.2 Å². The maximum atomic E-state index is 12.7. The fourth-order valence-electron chi connectivity index (χ4n) is 6.78. The summed E-state index contributed by atoms with van der Waals surface area (Å²) in [6.45, 7) is 1.95. The molecule has 0 bridgehead atoms. The van der Waals surface area contributed by atoms with Crippen LogP contribution in [0.4, 0.5) is 0 Å². The second-order valence-electron chi connectivity index (χ2n) is 14.7. The van der Waals surface area contributed by atoms with Gasteiger partial charge in [-0.1, -0.05) is 140 Å². The van der Waals surface area contributed by atoms with Gasteiger partial charge in [-0.05, 0) is 89.4 Å². The molecule has 1 N–H and O–H groups in total. The molecule has 304 valence electrons. The smallest absolute Gasteiger partial charge is 0.336 e. The number of fused-ring (bicyclic) bond motifs is 1. The highest BCUT2D eigenvalue weighted by molar-refractivity contribution is 7.20. The molecule has 0 spiro atoms. The average molecular weight is 824 g/mol. The summed E-state index contributed by atoms with van der Waals surface area (Å²) in [5, 5.41) is 11.2. The first-order valence-corrected chi connectivity index (χ1v) is 20.9. The third kappa shape index (κ3) is 10.4. The Morgan fingerprint density at radius 2 is 1.08 bits per heavy atom. The third-order valence-corrected chi connectivity index (χ3v) is 11.2. The van der Waals surface area contributed by atoms with Crippen LogP contribution in [-0.4, -0.2) is 43.2 Å². The number of hydrogen-bond acceptors (Lipinski definition) is 7. The fraction of sp³-hybridized carbons (Fsp3) is 0.113. The van der Waals surface area contributed by atoms with E-state index >= 15 is 0 Å². The van der Waals surface area contributed by atoms with Gasteiger partial charge < -0.3 is 29.0 Å². The number of carboxylic acid groups (broad SMARTS) is 1. The minimum absolute atomic E-state index is 0.146. The van der Waals surface area contributed by atoms with Gasteiger partial charge in [0.05, 0.1) is 10.5 Å². The number of thiophene rings is 1. The monoisotopic (exact) mass is 823 g/mol. The number of ether oxygens (including phenoxy) is 4. The molecular formula is C53H45NO6S. The highest BCUT2D eigenvalue weighted by Gasteiger charge is 2.21. The summed E-state index contributed by atoms with van der Waals surface area (Å²) >= 11 is 1.43. The summed E-state index contributed by atoms with van der Waals surface area (Å²) in [6, 6.07) is 57.7. The van der Waals surface area contributed by atoms with E-state index in [1.54, 1.807) is 18.2 Å². The van der Waals surface area contributed by atoms with Gasteiger partial charge in [-0.2, -0.15) is 0 Å². The van der Waals surface area contributed by atoms with Crippen LogP contribution in [0.15, 0.2) is 176 Å². The zero-order valence-electron chi connectivity index (χ0n) is 34.0. The molecule has 61 heavy (non-hydrogen) atoms. The van der Waals surface area contributed by atoms with Crippen LogP contribution in [0.1, 0.15) is 21.6 Å². The molecule has 8 rings (SSSR count). The van der Waals surface area contributed by atoms with E-state index in [0.29, 0.717) is 53.3 Å². The number of aliphatic carboxylic acids is 1. The molecule has 7 aromatic carbocycles. The number of carboxylic acids is 1. The van der Waals surface area contributed by atoms with Crippen LogP contribution in [0.5, 0.6) is 28.7 Å². The Bertz CT molecular complexity index is 2710. The molecule has 1 aromatic heterocycles. The Balaban J connectivity index is 1.16.